The predicted octanol–water partition coefficient (Wildman–Crippen LogP) is 3.61. The number of benzene rings is 2. The van der Waals surface area contributed by atoms with Gasteiger partial charge in [0.25, 0.3) is 0 Å². The van der Waals surface area contributed by atoms with E-state index in [2.05, 4.69) is 58.1 Å². The molecular weight excluding hydrogens is 248 g/mol. The summed E-state index contributed by atoms with van der Waals surface area (Å²) in [6.07, 6.45) is 0. The zero-order valence-electron chi connectivity index (χ0n) is 11.4. The van der Waals surface area contributed by atoms with Crippen LogP contribution >= 0.6 is 0 Å². The molecule has 20 heavy (non-hydrogen) atoms. The molecule has 0 radical (unpaired) electrons. The fraction of sp³-hybridized carbons (Fsp3) is 0.235. The van der Waals surface area contributed by atoms with E-state index in [9.17, 15) is 0 Å². The third kappa shape index (κ3) is 1.70. The van der Waals surface area contributed by atoms with Gasteiger partial charge in [0.2, 0.25) is 0 Å². The van der Waals surface area contributed by atoms with Gasteiger partial charge in [-0.25, -0.2) is 4.99 Å². The van der Waals surface area contributed by atoms with Gasteiger partial charge in [0, 0.05) is 35.3 Å². The molecule has 0 spiro atoms. The molecule has 0 bridgehead atoms. The highest BCUT2D eigenvalue weighted by Crippen LogP contribution is 2.29. The van der Waals surface area contributed by atoms with Crippen molar-refractivity contribution in [3.05, 3.63) is 48.5 Å². The average molecular weight is 264 g/mol. The summed E-state index contributed by atoms with van der Waals surface area (Å²) < 4.78 is 7.84. The van der Waals surface area contributed by atoms with Crippen LogP contribution < -0.4 is 0 Å². The first kappa shape index (κ1) is 11.5. The Hall–Kier alpha value is -2.29. The van der Waals surface area contributed by atoms with Crippen molar-refractivity contribution in [1.82, 2.24) is 4.57 Å². The Morgan fingerprint density at radius 1 is 1.05 bits per heavy atom. The van der Waals surface area contributed by atoms with Crippen molar-refractivity contribution in [3.63, 3.8) is 0 Å². The van der Waals surface area contributed by atoms with Crippen LogP contribution in [0.2, 0.25) is 0 Å². The SMILES string of the molecule is CC1=N[C@@H](Cn2c3ccccc3c3ccccc32)CO1. The second kappa shape index (κ2) is 4.37. The summed E-state index contributed by atoms with van der Waals surface area (Å²) in [5, 5.41) is 2.62. The van der Waals surface area contributed by atoms with E-state index in [4.69, 9.17) is 4.74 Å². The Morgan fingerprint density at radius 2 is 1.65 bits per heavy atom. The molecule has 2 aromatic carbocycles. The van der Waals surface area contributed by atoms with E-state index in [1.807, 2.05) is 6.92 Å². The largest absolute Gasteiger partial charge is 0.479 e. The maximum Gasteiger partial charge on any atom is 0.180 e. The molecule has 0 amide bonds. The molecule has 3 heteroatoms. The van der Waals surface area contributed by atoms with Gasteiger partial charge in [0.15, 0.2) is 5.90 Å². The highest BCUT2D eigenvalue weighted by Gasteiger charge is 2.19. The van der Waals surface area contributed by atoms with E-state index in [1.54, 1.807) is 0 Å². The third-order valence-electron chi connectivity index (χ3n) is 3.92. The average Bonchev–Trinajstić information content (AvgIpc) is 3.03. The number of hydrogen-bond acceptors (Lipinski definition) is 2. The summed E-state index contributed by atoms with van der Waals surface area (Å²) in [4.78, 5) is 4.55. The number of aromatic nitrogens is 1. The van der Waals surface area contributed by atoms with Gasteiger partial charge < -0.3 is 9.30 Å². The Bertz CT molecular complexity index is 763. The first-order chi connectivity index (χ1) is 9.83. The van der Waals surface area contributed by atoms with Crippen LogP contribution in [0, 0.1) is 0 Å². The van der Waals surface area contributed by atoms with E-state index >= 15 is 0 Å². The van der Waals surface area contributed by atoms with Crippen molar-refractivity contribution < 1.29 is 4.74 Å². The lowest BCUT2D eigenvalue weighted by Crippen LogP contribution is -2.15. The van der Waals surface area contributed by atoms with Crippen molar-refractivity contribution in [2.45, 2.75) is 19.5 Å². The Labute approximate surface area is 117 Å². The van der Waals surface area contributed by atoms with E-state index in [1.165, 1.54) is 21.8 Å². The highest BCUT2D eigenvalue weighted by atomic mass is 16.5. The lowest BCUT2D eigenvalue weighted by molar-refractivity contribution is 0.305. The number of ether oxygens (including phenoxy) is 1. The highest BCUT2D eigenvalue weighted by molar-refractivity contribution is 6.07. The summed E-state index contributed by atoms with van der Waals surface area (Å²) in [6.45, 7) is 3.48. The lowest BCUT2D eigenvalue weighted by atomic mass is 10.2. The van der Waals surface area contributed by atoms with E-state index in [-0.39, 0.29) is 6.04 Å². The molecule has 1 aliphatic rings. The van der Waals surface area contributed by atoms with Gasteiger partial charge in [-0.05, 0) is 12.1 Å². The summed E-state index contributed by atoms with van der Waals surface area (Å²) in [7, 11) is 0. The molecule has 1 aliphatic heterocycles. The molecule has 0 unspecified atom stereocenters. The van der Waals surface area contributed by atoms with E-state index < -0.39 is 0 Å². The minimum atomic E-state index is 0.217. The van der Waals surface area contributed by atoms with Crippen LogP contribution in [-0.4, -0.2) is 23.1 Å². The van der Waals surface area contributed by atoms with Crippen LogP contribution in [0.15, 0.2) is 53.5 Å². The molecule has 0 N–H and O–H groups in total. The summed E-state index contributed by atoms with van der Waals surface area (Å²) in [5.41, 5.74) is 2.54. The molecular formula is C17H16N2O. The van der Waals surface area contributed by atoms with Crippen LogP contribution in [0.1, 0.15) is 6.92 Å². The summed E-state index contributed by atoms with van der Waals surface area (Å²) >= 11 is 0. The molecule has 100 valence electrons. The first-order valence-electron chi connectivity index (χ1n) is 6.96. The smallest absolute Gasteiger partial charge is 0.180 e. The number of hydrogen-bond donors (Lipinski definition) is 0. The van der Waals surface area contributed by atoms with Crippen LogP contribution in [0.4, 0.5) is 0 Å². The number of para-hydroxylation sites is 2. The van der Waals surface area contributed by atoms with Gasteiger partial charge in [0.05, 0.1) is 0 Å². The van der Waals surface area contributed by atoms with Gasteiger partial charge in [-0.15, -0.1) is 0 Å². The second-order valence-corrected chi connectivity index (χ2v) is 5.26. The molecule has 0 saturated carbocycles. The maximum absolute atomic E-state index is 5.47. The standard InChI is InChI=1S/C17H16N2O/c1-12-18-13(11-20-12)10-19-16-8-4-2-6-14(16)15-7-3-5-9-17(15)19/h2-9,13H,10-11H2,1H3/t13-/m0/s1. The van der Waals surface area contributed by atoms with Crippen LogP contribution in [0.5, 0.6) is 0 Å². The second-order valence-electron chi connectivity index (χ2n) is 5.26. The van der Waals surface area contributed by atoms with Crippen LogP contribution in [0.3, 0.4) is 0 Å². The van der Waals surface area contributed by atoms with E-state index in [0.717, 1.165) is 12.4 Å². The van der Waals surface area contributed by atoms with E-state index in [0.29, 0.717) is 6.61 Å². The number of nitrogens with zero attached hydrogens (tertiary/aromatic N) is 2. The molecule has 0 aliphatic carbocycles. The topological polar surface area (TPSA) is 26.5 Å². The predicted molar refractivity (Wildman–Crippen MR) is 82.3 cm³/mol. The molecule has 4 rings (SSSR count). The zero-order valence-corrected chi connectivity index (χ0v) is 11.4. The molecule has 3 nitrogen and oxygen atoms in total. The fourth-order valence-electron chi connectivity index (χ4n) is 3.05. The molecule has 0 saturated heterocycles. The number of aliphatic imine (C=N–C) groups is 1. The fourth-order valence-corrected chi connectivity index (χ4v) is 3.05. The van der Waals surface area contributed by atoms with Gasteiger partial charge in [0.1, 0.15) is 12.6 Å². The third-order valence-corrected chi connectivity index (χ3v) is 3.92. The summed E-state index contributed by atoms with van der Waals surface area (Å²) in [6, 6.07) is 17.3. The maximum atomic E-state index is 5.47. The molecule has 0 fully saturated rings. The molecule has 1 atom stereocenters. The molecule has 3 aromatic rings. The number of rotatable bonds is 2. The Morgan fingerprint density at radius 3 is 2.20 bits per heavy atom. The van der Waals surface area contributed by atoms with Gasteiger partial charge in [-0.1, -0.05) is 36.4 Å². The van der Waals surface area contributed by atoms with Crippen LogP contribution in [-0.2, 0) is 11.3 Å². The van der Waals surface area contributed by atoms with Crippen molar-refractivity contribution in [1.29, 1.82) is 0 Å². The monoisotopic (exact) mass is 264 g/mol. The minimum Gasteiger partial charge on any atom is -0.479 e. The van der Waals surface area contributed by atoms with Gasteiger partial charge in [-0.2, -0.15) is 0 Å². The first-order valence-corrected chi connectivity index (χ1v) is 6.96. The minimum absolute atomic E-state index is 0.217. The van der Waals surface area contributed by atoms with Crippen molar-refractivity contribution in [2.75, 3.05) is 6.61 Å². The quantitative estimate of drug-likeness (QED) is 0.694. The van der Waals surface area contributed by atoms with Crippen molar-refractivity contribution >= 4 is 27.7 Å². The normalized spacial score (nSPS) is 18.4. The van der Waals surface area contributed by atoms with Crippen molar-refractivity contribution in [3.8, 4) is 0 Å². The molecule has 2 heterocycles. The zero-order chi connectivity index (χ0) is 13.5. The van der Waals surface area contributed by atoms with Gasteiger partial charge >= 0.3 is 0 Å². The number of fused-ring (bicyclic) bond motifs is 3. The lowest BCUT2D eigenvalue weighted by Gasteiger charge is -2.10. The van der Waals surface area contributed by atoms with Gasteiger partial charge in [-0.3, -0.25) is 0 Å². The molecule has 1 aromatic heterocycles. The summed E-state index contributed by atoms with van der Waals surface area (Å²) in [5.74, 6) is 0.802. The van der Waals surface area contributed by atoms with Crippen molar-refractivity contribution in [2.24, 2.45) is 4.99 Å². The Balaban J connectivity index is 1.91. The Kier molecular flexibility index (Phi) is 2.52. The van der Waals surface area contributed by atoms with Crippen LogP contribution in [0.25, 0.3) is 21.8 Å².